The van der Waals surface area contributed by atoms with E-state index in [0.29, 0.717) is 17.8 Å². The molecule has 1 aromatic carbocycles. The molecule has 4 rings (SSSR count). The first-order chi connectivity index (χ1) is 12.7. The highest BCUT2D eigenvalue weighted by Gasteiger charge is 2.20. The van der Waals surface area contributed by atoms with Gasteiger partial charge in [0.15, 0.2) is 5.65 Å². The summed E-state index contributed by atoms with van der Waals surface area (Å²) in [5, 5.41) is 9.13. The zero-order chi connectivity index (χ0) is 18.1. The highest BCUT2D eigenvalue weighted by molar-refractivity contribution is 5.87. The maximum Gasteiger partial charge on any atom is 0.330 e. The van der Waals surface area contributed by atoms with Gasteiger partial charge in [-0.2, -0.15) is 5.26 Å². The van der Waals surface area contributed by atoms with Crippen LogP contribution >= 0.6 is 0 Å². The van der Waals surface area contributed by atoms with Gasteiger partial charge in [0.2, 0.25) is 0 Å². The molecule has 0 aliphatic carbocycles. The summed E-state index contributed by atoms with van der Waals surface area (Å²) in [6, 6.07) is 11.6. The Balaban J connectivity index is 1.86. The molecule has 1 saturated heterocycles. The van der Waals surface area contributed by atoms with E-state index in [9.17, 15) is 4.79 Å². The largest absolute Gasteiger partial charge is 0.370 e. The molecule has 0 radical (unpaired) electrons. The van der Waals surface area contributed by atoms with Crippen LogP contribution in [-0.4, -0.2) is 27.2 Å². The van der Waals surface area contributed by atoms with Crippen molar-refractivity contribution >= 4 is 16.9 Å². The van der Waals surface area contributed by atoms with Crippen LogP contribution in [0.2, 0.25) is 0 Å². The van der Waals surface area contributed by atoms with Crippen molar-refractivity contribution in [3.05, 3.63) is 58.1 Å². The molecule has 0 N–H and O–H groups in total. The predicted molar refractivity (Wildman–Crippen MR) is 101 cm³/mol. The second-order valence-electron chi connectivity index (χ2n) is 6.79. The molecular formula is C20H21N5O. The zero-order valence-corrected chi connectivity index (χ0v) is 14.9. The third-order valence-electron chi connectivity index (χ3n) is 5.08. The molecule has 1 fully saturated rings. The van der Waals surface area contributed by atoms with Gasteiger partial charge in [-0.15, -0.1) is 0 Å². The smallest absolute Gasteiger partial charge is 0.330 e. The number of fused-ring (bicyclic) bond motifs is 1. The maximum atomic E-state index is 12.9. The lowest BCUT2D eigenvalue weighted by molar-refractivity contribution is 0.578. The van der Waals surface area contributed by atoms with Crippen LogP contribution in [-0.2, 0) is 13.6 Å². The van der Waals surface area contributed by atoms with Gasteiger partial charge in [-0.3, -0.25) is 9.13 Å². The van der Waals surface area contributed by atoms with Gasteiger partial charge >= 0.3 is 5.69 Å². The van der Waals surface area contributed by atoms with E-state index in [-0.39, 0.29) is 5.69 Å². The predicted octanol–water partition coefficient (Wildman–Crippen LogP) is 2.65. The minimum Gasteiger partial charge on any atom is -0.370 e. The third kappa shape index (κ3) is 2.76. The molecule has 1 aliphatic heterocycles. The number of aromatic nitrogens is 3. The summed E-state index contributed by atoms with van der Waals surface area (Å²) in [6.07, 6.45) is 5.38. The molecule has 0 spiro atoms. The van der Waals surface area contributed by atoms with Crippen molar-refractivity contribution in [2.24, 2.45) is 7.05 Å². The van der Waals surface area contributed by atoms with Crippen LogP contribution in [0.15, 0.2) is 41.3 Å². The molecule has 0 bridgehead atoms. The Kier molecular flexibility index (Phi) is 4.21. The first-order valence-corrected chi connectivity index (χ1v) is 8.97. The SMILES string of the molecule is Cn1c(=O)n(Cc2cccc(C#N)c2)c2c(N3CCCCC3)ccnc21. The standard InChI is InChI=1S/C20H21N5O/c1-23-19-18(17(8-9-22-19)24-10-3-2-4-11-24)25(20(23)26)14-16-7-5-6-15(12-16)13-21/h5-9,12H,2-4,10-11,14H2,1H3. The molecule has 6 heteroatoms. The fourth-order valence-corrected chi connectivity index (χ4v) is 3.76. The minimum atomic E-state index is -0.0840. The molecule has 0 unspecified atom stereocenters. The molecule has 1 aliphatic rings. The van der Waals surface area contributed by atoms with Gasteiger partial charge in [-0.05, 0) is 43.0 Å². The van der Waals surface area contributed by atoms with Crippen molar-refractivity contribution in [1.29, 1.82) is 5.26 Å². The fourth-order valence-electron chi connectivity index (χ4n) is 3.76. The molecule has 132 valence electrons. The monoisotopic (exact) mass is 347 g/mol. The Bertz CT molecular complexity index is 1050. The molecule has 26 heavy (non-hydrogen) atoms. The molecule has 0 atom stereocenters. The van der Waals surface area contributed by atoms with E-state index >= 15 is 0 Å². The van der Waals surface area contributed by atoms with Crippen LogP contribution in [0.5, 0.6) is 0 Å². The van der Waals surface area contributed by atoms with Crippen molar-refractivity contribution in [2.45, 2.75) is 25.8 Å². The van der Waals surface area contributed by atoms with E-state index < -0.39 is 0 Å². The van der Waals surface area contributed by atoms with Crippen LogP contribution < -0.4 is 10.6 Å². The zero-order valence-electron chi connectivity index (χ0n) is 14.9. The van der Waals surface area contributed by atoms with Crippen LogP contribution in [0.3, 0.4) is 0 Å². The van der Waals surface area contributed by atoms with Gasteiger partial charge < -0.3 is 4.90 Å². The number of piperidine rings is 1. The van der Waals surface area contributed by atoms with Gasteiger partial charge in [-0.1, -0.05) is 12.1 Å². The fraction of sp³-hybridized carbons (Fsp3) is 0.350. The molecule has 6 nitrogen and oxygen atoms in total. The van der Waals surface area contributed by atoms with E-state index in [2.05, 4.69) is 16.0 Å². The Morgan fingerprint density at radius 2 is 2.00 bits per heavy atom. The lowest BCUT2D eigenvalue weighted by atomic mass is 10.1. The Hall–Kier alpha value is -3.07. The van der Waals surface area contributed by atoms with Gasteiger partial charge in [0.25, 0.3) is 0 Å². The number of hydrogen-bond acceptors (Lipinski definition) is 4. The number of imidazole rings is 1. The van der Waals surface area contributed by atoms with Crippen molar-refractivity contribution in [3.63, 3.8) is 0 Å². The minimum absolute atomic E-state index is 0.0840. The first kappa shape index (κ1) is 16.4. The van der Waals surface area contributed by atoms with E-state index in [1.807, 2.05) is 24.3 Å². The van der Waals surface area contributed by atoms with Crippen LogP contribution in [0.4, 0.5) is 5.69 Å². The highest BCUT2D eigenvalue weighted by Crippen LogP contribution is 2.27. The quantitative estimate of drug-likeness (QED) is 0.730. The average molecular weight is 347 g/mol. The summed E-state index contributed by atoms with van der Waals surface area (Å²) in [4.78, 5) is 19.7. The summed E-state index contributed by atoms with van der Waals surface area (Å²) in [7, 11) is 1.76. The maximum absolute atomic E-state index is 12.9. The number of aryl methyl sites for hydroxylation is 1. The normalized spacial score (nSPS) is 14.5. The van der Waals surface area contributed by atoms with E-state index in [1.165, 1.54) is 19.3 Å². The second kappa shape index (κ2) is 6.68. The lowest BCUT2D eigenvalue weighted by Crippen LogP contribution is -2.30. The lowest BCUT2D eigenvalue weighted by Gasteiger charge is -2.29. The molecule has 0 saturated carbocycles. The number of hydrogen-bond donors (Lipinski definition) is 0. The van der Waals surface area contributed by atoms with E-state index in [0.717, 1.165) is 29.9 Å². The van der Waals surface area contributed by atoms with Crippen molar-refractivity contribution in [3.8, 4) is 6.07 Å². The van der Waals surface area contributed by atoms with Crippen LogP contribution in [0.1, 0.15) is 30.4 Å². The molecule has 0 amide bonds. The van der Waals surface area contributed by atoms with Gasteiger partial charge in [0.1, 0.15) is 5.52 Å². The van der Waals surface area contributed by atoms with Crippen molar-refractivity contribution < 1.29 is 0 Å². The van der Waals surface area contributed by atoms with Crippen LogP contribution in [0.25, 0.3) is 11.2 Å². The van der Waals surface area contributed by atoms with E-state index in [4.69, 9.17) is 5.26 Å². The average Bonchev–Trinajstić information content (AvgIpc) is 2.94. The third-order valence-corrected chi connectivity index (χ3v) is 5.08. The summed E-state index contributed by atoms with van der Waals surface area (Å²) in [5.74, 6) is 0. The number of nitrogens with zero attached hydrogens (tertiary/aromatic N) is 5. The summed E-state index contributed by atoms with van der Waals surface area (Å²) >= 11 is 0. The number of rotatable bonds is 3. The number of pyridine rings is 1. The molecule has 3 aromatic rings. The second-order valence-corrected chi connectivity index (χ2v) is 6.79. The van der Waals surface area contributed by atoms with Gasteiger partial charge in [-0.25, -0.2) is 9.78 Å². The number of anilines is 1. The summed E-state index contributed by atoms with van der Waals surface area (Å²) in [5.41, 5.74) is 4.11. The highest BCUT2D eigenvalue weighted by atomic mass is 16.1. The Morgan fingerprint density at radius 3 is 2.77 bits per heavy atom. The van der Waals surface area contributed by atoms with Crippen molar-refractivity contribution in [2.75, 3.05) is 18.0 Å². The number of benzene rings is 1. The number of nitriles is 1. The summed E-state index contributed by atoms with van der Waals surface area (Å²) < 4.78 is 3.39. The molecule has 2 aromatic heterocycles. The van der Waals surface area contributed by atoms with Gasteiger partial charge in [0, 0.05) is 26.3 Å². The molecule has 3 heterocycles. The summed E-state index contributed by atoms with van der Waals surface area (Å²) in [6.45, 7) is 2.44. The van der Waals surface area contributed by atoms with Crippen LogP contribution in [0, 0.1) is 11.3 Å². The van der Waals surface area contributed by atoms with E-state index in [1.54, 1.807) is 28.4 Å². The topological polar surface area (TPSA) is 66.8 Å². The van der Waals surface area contributed by atoms with Crippen molar-refractivity contribution in [1.82, 2.24) is 14.1 Å². The first-order valence-electron chi connectivity index (χ1n) is 8.97. The molecular weight excluding hydrogens is 326 g/mol. The Morgan fingerprint density at radius 1 is 1.19 bits per heavy atom. The Labute approximate surface area is 151 Å². The van der Waals surface area contributed by atoms with Gasteiger partial charge in [0.05, 0.1) is 23.9 Å².